The number of carbonyl (C=O) groups excluding carboxylic acids is 3. The standard InChI is InChI=1S/C25H21NO4/c27-21(12-14-6-2-1-3-7-14)30-20-9-5-4-8-19(20)26-24(28)22-15-10-11-16(18-13-17(15)18)23(22)25(26)29/h1-11,15-18,22-23H,12-13H2/t15-,16+,17+,18-,22-,23+. The minimum absolute atomic E-state index is 0.125. The number of amides is 2. The summed E-state index contributed by atoms with van der Waals surface area (Å²) in [4.78, 5) is 40.5. The Kier molecular flexibility index (Phi) is 3.76. The molecule has 30 heavy (non-hydrogen) atoms. The van der Waals surface area contributed by atoms with Crippen LogP contribution in [0.2, 0.25) is 0 Å². The summed E-state index contributed by atoms with van der Waals surface area (Å²) >= 11 is 0. The van der Waals surface area contributed by atoms with Crippen LogP contribution >= 0.6 is 0 Å². The Morgan fingerprint density at radius 2 is 1.47 bits per heavy atom. The zero-order chi connectivity index (χ0) is 20.4. The molecule has 2 amide bonds. The van der Waals surface area contributed by atoms with E-state index in [0.717, 1.165) is 12.0 Å². The molecule has 0 aromatic heterocycles. The van der Waals surface area contributed by atoms with Gasteiger partial charge in [-0.3, -0.25) is 14.4 Å². The molecule has 150 valence electrons. The summed E-state index contributed by atoms with van der Waals surface area (Å²) in [5.41, 5.74) is 1.22. The number of ether oxygens (including phenoxy) is 1. The normalized spacial score (nSPS) is 32.7. The monoisotopic (exact) mass is 399 g/mol. The average Bonchev–Trinajstić information content (AvgIpc) is 3.53. The Bertz CT molecular complexity index is 1060. The summed E-state index contributed by atoms with van der Waals surface area (Å²) in [6, 6.07) is 16.2. The molecule has 0 unspecified atom stereocenters. The van der Waals surface area contributed by atoms with Crippen LogP contribution in [0, 0.1) is 35.5 Å². The Hall–Kier alpha value is -3.21. The maximum absolute atomic E-state index is 13.4. The van der Waals surface area contributed by atoms with Crippen molar-refractivity contribution in [1.29, 1.82) is 0 Å². The van der Waals surface area contributed by atoms with Gasteiger partial charge in [-0.1, -0.05) is 54.6 Å². The van der Waals surface area contributed by atoms with E-state index in [-0.39, 0.29) is 47.7 Å². The van der Waals surface area contributed by atoms with Crippen LogP contribution in [0.1, 0.15) is 12.0 Å². The van der Waals surface area contributed by atoms with Gasteiger partial charge in [0.15, 0.2) is 5.75 Å². The summed E-state index contributed by atoms with van der Waals surface area (Å²) < 4.78 is 5.61. The number of esters is 1. The topological polar surface area (TPSA) is 63.7 Å². The fourth-order valence-electron chi connectivity index (χ4n) is 5.84. The molecule has 3 fully saturated rings. The molecular formula is C25H21NO4. The third-order valence-electron chi connectivity index (χ3n) is 7.18. The molecule has 0 radical (unpaired) electrons. The Morgan fingerprint density at radius 3 is 2.13 bits per heavy atom. The predicted octanol–water partition coefficient (Wildman–Crippen LogP) is 3.39. The van der Waals surface area contributed by atoms with Crippen LogP contribution in [-0.2, 0) is 20.8 Å². The first kappa shape index (κ1) is 17.6. The second-order valence-electron chi connectivity index (χ2n) is 8.77. The number of hydrogen-bond donors (Lipinski definition) is 0. The second-order valence-corrected chi connectivity index (χ2v) is 8.77. The Labute approximate surface area is 174 Å². The SMILES string of the molecule is O=C(Cc1ccccc1)Oc1ccccc1N1C(=O)[C@@H]2[C@@H]3C=C[C@@H]([C@H]4C[C@@H]34)[C@@H]2C1=O. The number of nitrogens with zero attached hydrogens (tertiary/aromatic N) is 1. The molecule has 5 heteroatoms. The van der Waals surface area contributed by atoms with Crippen molar-refractivity contribution in [2.45, 2.75) is 12.8 Å². The van der Waals surface area contributed by atoms with Crippen molar-refractivity contribution in [3.8, 4) is 5.75 Å². The molecule has 1 saturated heterocycles. The zero-order valence-electron chi connectivity index (χ0n) is 16.3. The second kappa shape index (κ2) is 6.39. The van der Waals surface area contributed by atoms with Gasteiger partial charge >= 0.3 is 5.97 Å². The maximum atomic E-state index is 13.4. The van der Waals surface area contributed by atoms with E-state index >= 15 is 0 Å². The van der Waals surface area contributed by atoms with Crippen LogP contribution in [0.15, 0.2) is 66.7 Å². The lowest BCUT2D eigenvalue weighted by Crippen LogP contribution is -2.40. The Morgan fingerprint density at radius 1 is 0.867 bits per heavy atom. The van der Waals surface area contributed by atoms with Crippen molar-refractivity contribution in [3.63, 3.8) is 0 Å². The smallest absolute Gasteiger partial charge is 0.315 e. The van der Waals surface area contributed by atoms with Crippen molar-refractivity contribution in [1.82, 2.24) is 0 Å². The quantitative estimate of drug-likeness (QED) is 0.342. The molecule has 5 nitrogen and oxygen atoms in total. The first-order valence-corrected chi connectivity index (χ1v) is 10.5. The lowest BCUT2D eigenvalue weighted by molar-refractivity contribution is -0.134. The third kappa shape index (κ3) is 2.51. The molecule has 7 rings (SSSR count). The van der Waals surface area contributed by atoms with E-state index in [4.69, 9.17) is 4.74 Å². The highest BCUT2D eigenvalue weighted by atomic mass is 16.5. The number of para-hydroxylation sites is 2. The molecule has 0 N–H and O–H groups in total. The summed E-state index contributed by atoms with van der Waals surface area (Å²) in [5.74, 6) is 0.417. The minimum atomic E-state index is -0.423. The zero-order valence-corrected chi connectivity index (χ0v) is 16.3. The molecule has 2 aromatic carbocycles. The van der Waals surface area contributed by atoms with Gasteiger partial charge in [0.05, 0.1) is 23.9 Å². The lowest BCUT2D eigenvalue weighted by Gasteiger charge is -2.37. The van der Waals surface area contributed by atoms with Crippen molar-refractivity contribution in [2.75, 3.05) is 4.90 Å². The molecule has 2 saturated carbocycles. The van der Waals surface area contributed by atoms with Gasteiger partial charge < -0.3 is 4.74 Å². The minimum Gasteiger partial charge on any atom is -0.424 e. The highest BCUT2D eigenvalue weighted by Gasteiger charge is 2.67. The largest absolute Gasteiger partial charge is 0.424 e. The van der Waals surface area contributed by atoms with E-state index in [0.29, 0.717) is 17.5 Å². The molecule has 1 aliphatic heterocycles. The van der Waals surface area contributed by atoms with Crippen LogP contribution in [0.3, 0.4) is 0 Å². The van der Waals surface area contributed by atoms with Crippen LogP contribution < -0.4 is 9.64 Å². The maximum Gasteiger partial charge on any atom is 0.315 e. The van der Waals surface area contributed by atoms with Crippen molar-refractivity contribution in [2.24, 2.45) is 35.5 Å². The first-order valence-electron chi connectivity index (χ1n) is 10.5. The van der Waals surface area contributed by atoms with Gasteiger partial charge in [0.2, 0.25) is 11.8 Å². The van der Waals surface area contributed by atoms with Gasteiger partial charge in [0.25, 0.3) is 0 Å². The number of imide groups is 1. The number of hydrogen-bond acceptors (Lipinski definition) is 4. The van der Waals surface area contributed by atoms with Gasteiger partial charge in [0, 0.05) is 0 Å². The summed E-state index contributed by atoms with van der Waals surface area (Å²) in [6.45, 7) is 0. The van der Waals surface area contributed by atoms with Crippen LogP contribution in [0.5, 0.6) is 5.75 Å². The van der Waals surface area contributed by atoms with Crippen molar-refractivity contribution >= 4 is 23.5 Å². The molecular weight excluding hydrogens is 378 g/mol. The predicted molar refractivity (Wildman–Crippen MR) is 109 cm³/mol. The van der Waals surface area contributed by atoms with E-state index in [1.54, 1.807) is 24.3 Å². The molecule has 0 spiro atoms. The summed E-state index contributed by atoms with van der Waals surface area (Å²) in [7, 11) is 0. The number of anilines is 1. The molecule has 1 heterocycles. The van der Waals surface area contributed by atoms with E-state index < -0.39 is 5.97 Å². The first-order chi connectivity index (χ1) is 14.6. The fourth-order valence-corrected chi connectivity index (χ4v) is 5.84. The van der Waals surface area contributed by atoms with E-state index in [1.807, 2.05) is 30.3 Å². The molecule has 2 bridgehead atoms. The van der Waals surface area contributed by atoms with E-state index in [2.05, 4.69) is 12.2 Å². The highest BCUT2D eigenvalue weighted by Crippen LogP contribution is 2.65. The van der Waals surface area contributed by atoms with Crippen LogP contribution in [-0.4, -0.2) is 17.8 Å². The number of rotatable bonds is 4. The average molecular weight is 399 g/mol. The number of benzene rings is 2. The highest BCUT2D eigenvalue weighted by molar-refractivity contribution is 6.23. The molecule has 6 atom stereocenters. The fraction of sp³-hybridized carbons (Fsp3) is 0.320. The van der Waals surface area contributed by atoms with Crippen LogP contribution in [0.25, 0.3) is 0 Å². The van der Waals surface area contributed by atoms with Gasteiger partial charge in [-0.25, -0.2) is 4.90 Å². The van der Waals surface area contributed by atoms with Gasteiger partial charge in [-0.2, -0.15) is 0 Å². The number of allylic oxidation sites excluding steroid dienone is 2. The molecule has 2 aromatic rings. The van der Waals surface area contributed by atoms with Crippen molar-refractivity contribution < 1.29 is 19.1 Å². The van der Waals surface area contributed by atoms with Gasteiger partial charge in [-0.15, -0.1) is 0 Å². The summed E-state index contributed by atoms with van der Waals surface area (Å²) in [5, 5.41) is 0. The van der Waals surface area contributed by atoms with Crippen molar-refractivity contribution in [3.05, 3.63) is 72.3 Å². The van der Waals surface area contributed by atoms with Gasteiger partial charge in [0.1, 0.15) is 0 Å². The van der Waals surface area contributed by atoms with Crippen LogP contribution in [0.4, 0.5) is 5.69 Å². The van der Waals surface area contributed by atoms with E-state index in [1.165, 1.54) is 4.90 Å². The third-order valence-corrected chi connectivity index (χ3v) is 7.18. The molecule has 5 aliphatic rings. The number of carbonyl (C=O) groups is 3. The van der Waals surface area contributed by atoms with Gasteiger partial charge in [-0.05, 0) is 47.8 Å². The summed E-state index contributed by atoms with van der Waals surface area (Å²) in [6.07, 6.45) is 5.56. The molecule has 4 aliphatic carbocycles. The lowest BCUT2D eigenvalue weighted by atomic mass is 9.63. The Balaban J connectivity index is 1.29. The van der Waals surface area contributed by atoms with E-state index in [9.17, 15) is 14.4 Å².